The number of benzene rings is 1. The van der Waals surface area contributed by atoms with Crippen LogP contribution in [0.1, 0.15) is 49.0 Å². The van der Waals surface area contributed by atoms with Crippen LogP contribution in [0.25, 0.3) is 0 Å². The second kappa shape index (κ2) is 9.59. The highest BCUT2D eigenvalue weighted by molar-refractivity contribution is 7.89. The van der Waals surface area contributed by atoms with Gasteiger partial charge in [-0.15, -0.1) is 10.2 Å². The molecule has 1 aromatic carbocycles. The Bertz CT molecular complexity index is 895. The van der Waals surface area contributed by atoms with Crippen molar-refractivity contribution in [1.29, 1.82) is 0 Å². The normalized spacial score (nSPS) is 11.7. The number of sulfonamides is 1. The second-order valence-corrected chi connectivity index (χ2v) is 9.20. The van der Waals surface area contributed by atoms with E-state index in [-0.39, 0.29) is 15.5 Å². The monoisotopic (exact) mass is 430 g/mol. The fourth-order valence-electron chi connectivity index (χ4n) is 2.45. The van der Waals surface area contributed by atoms with Crippen LogP contribution in [0, 0.1) is 0 Å². The molecule has 1 amide bonds. The number of amides is 1. The predicted molar refractivity (Wildman–Crippen MR) is 108 cm³/mol. The minimum Gasteiger partial charge on any atom is -0.296 e. The molecule has 1 heterocycles. The van der Waals surface area contributed by atoms with E-state index >= 15 is 0 Å². The van der Waals surface area contributed by atoms with Crippen molar-refractivity contribution in [3.05, 3.63) is 33.8 Å². The first kappa shape index (κ1) is 21.7. The van der Waals surface area contributed by atoms with Gasteiger partial charge in [-0.05, 0) is 24.6 Å². The minimum absolute atomic E-state index is 0.0293. The molecule has 0 aliphatic heterocycles. The Morgan fingerprint density at radius 2 is 1.93 bits per heavy atom. The van der Waals surface area contributed by atoms with Gasteiger partial charge in [0.05, 0.1) is 15.5 Å². The van der Waals surface area contributed by atoms with Gasteiger partial charge in [-0.3, -0.25) is 10.1 Å². The van der Waals surface area contributed by atoms with Gasteiger partial charge in [0.1, 0.15) is 5.01 Å². The summed E-state index contributed by atoms with van der Waals surface area (Å²) in [6.45, 7) is 6.29. The van der Waals surface area contributed by atoms with Crippen LogP contribution in [0.5, 0.6) is 0 Å². The smallest absolute Gasteiger partial charge is 0.259 e. The number of unbranched alkanes of at least 4 members (excludes halogenated alkanes) is 1. The van der Waals surface area contributed by atoms with E-state index in [1.807, 2.05) is 0 Å². The lowest BCUT2D eigenvalue weighted by molar-refractivity contribution is 0.102. The van der Waals surface area contributed by atoms with Gasteiger partial charge in [-0.1, -0.05) is 50.1 Å². The van der Waals surface area contributed by atoms with Crippen LogP contribution in [-0.2, 0) is 16.4 Å². The van der Waals surface area contributed by atoms with Gasteiger partial charge in [0.15, 0.2) is 0 Å². The summed E-state index contributed by atoms with van der Waals surface area (Å²) >= 11 is 7.43. The molecular formula is C17H23ClN4O3S2. The molecule has 0 bridgehead atoms. The van der Waals surface area contributed by atoms with Crippen molar-refractivity contribution in [3.63, 3.8) is 0 Å². The maximum atomic E-state index is 12.7. The van der Waals surface area contributed by atoms with Crippen LogP contribution < -0.4 is 5.32 Å². The largest absolute Gasteiger partial charge is 0.296 e. The van der Waals surface area contributed by atoms with Gasteiger partial charge in [0.25, 0.3) is 5.91 Å². The quantitative estimate of drug-likeness (QED) is 0.652. The lowest BCUT2D eigenvalue weighted by Crippen LogP contribution is -2.30. The van der Waals surface area contributed by atoms with Crippen molar-refractivity contribution in [2.24, 2.45) is 0 Å². The highest BCUT2D eigenvalue weighted by Gasteiger charge is 2.24. The summed E-state index contributed by atoms with van der Waals surface area (Å²) in [6.07, 6.45) is 2.85. The maximum absolute atomic E-state index is 12.7. The zero-order chi connectivity index (χ0) is 20.0. The molecule has 0 spiro atoms. The molecule has 0 unspecified atom stereocenters. The van der Waals surface area contributed by atoms with Crippen molar-refractivity contribution in [3.8, 4) is 0 Å². The highest BCUT2D eigenvalue weighted by atomic mass is 35.5. The molecule has 0 saturated carbocycles. The standard InChI is InChI=1S/C17H23ClN4O3S2/c1-4-7-8-15-20-21-17(26-15)19-16(23)13-11-12(9-10-14(13)18)27(24,25)22(5-2)6-3/h9-11H,4-8H2,1-3H3,(H,19,21,23). The number of anilines is 1. The third kappa shape index (κ3) is 5.25. The van der Waals surface area contributed by atoms with Crippen molar-refractivity contribution >= 4 is 44.0 Å². The second-order valence-electron chi connectivity index (χ2n) is 5.79. The Morgan fingerprint density at radius 1 is 1.22 bits per heavy atom. The van der Waals surface area contributed by atoms with Crippen LogP contribution in [0.3, 0.4) is 0 Å². The molecule has 1 N–H and O–H groups in total. The summed E-state index contributed by atoms with van der Waals surface area (Å²) in [4.78, 5) is 12.6. The third-order valence-electron chi connectivity index (χ3n) is 3.96. The average molecular weight is 431 g/mol. The molecule has 2 rings (SSSR count). The van der Waals surface area contributed by atoms with Crippen molar-refractivity contribution in [2.75, 3.05) is 18.4 Å². The number of hydrogen-bond donors (Lipinski definition) is 1. The molecule has 1 aromatic heterocycles. The first-order valence-corrected chi connectivity index (χ1v) is 11.4. The third-order valence-corrected chi connectivity index (χ3v) is 7.23. The zero-order valence-corrected chi connectivity index (χ0v) is 17.9. The average Bonchev–Trinajstić information content (AvgIpc) is 3.08. The van der Waals surface area contributed by atoms with E-state index in [0.29, 0.717) is 18.2 Å². The first-order chi connectivity index (χ1) is 12.8. The molecule has 2 aromatic rings. The fourth-order valence-corrected chi connectivity index (χ4v) is 4.91. The molecule has 148 valence electrons. The van der Waals surface area contributed by atoms with E-state index in [0.717, 1.165) is 24.3 Å². The fraction of sp³-hybridized carbons (Fsp3) is 0.471. The van der Waals surface area contributed by atoms with Crippen LogP contribution in [0.15, 0.2) is 23.1 Å². The van der Waals surface area contributed by atoms with Gasteiger partial charge in [0.2, 0.25) is 15.2 Å². The predicted octanol–water partition coefficient (Wildman–Crippen LogP) is 3.82. The summed E-state index contributed by atoms with van der Waals surface area (Å²) < 4.78 is 26.7. The number of carbonyl (C=O) groups excluding carboxylic acids is 1. The number of aryl methyl sites for hydroxylation is 1. The molecule has 0 atom stereocenters. The summed E-state index contributed by atoms with van der Waals surface area (Å²) in [6, 6.07) is 4.12. The number of hydrogen-bond acceptors (Lipinski definition) is 6. The van der Waals surface area contributed by atoms with E-state index in [1.165, 1.54) is 33.8 Å². The zero-order valence-electron chi connectivity index (χ0n) is 15.5. The summed E-state index contributed by atoms with van der Waals surface area (Å²) in [7, 11) is -3.68. The number of nitrogens with one attached hydrogen (secondary N) is 1. The maximum Gasteiger partial charge on any atom is 0.259 e. The summed E-state index contributed by atoms with van der Waals surface area (Å²) in [5, 5.41) is 12.0. The highest BCUT2D eigenvalue weighted by Crippen LogP contribution is 2.25. The van der Waals surface area contributed by atoms with E-state index < -0.39 is 15.9 Å². The Labute approximate surface area is 168 Å². The molecule has 27 heavy (non-hydrogen) atoms. The number of halogens is 1. The van der Waals surface area contributed by atoms with Gasteiger partial charge >= 0.3 is 0 Å². The molecule has 0 fully saturated rings. The van der Waals surface area contributed by atoms with Crippen LogP contribution in [0.4, 0.5) is 5.13 Å². The van der Waals surface area contributed by atoms with E-state index in [2.05, 4.69) is 22.4 Å². The van der Waals surface area contributed by atoms with Gasteiger partial charge in [-0.2, -0.15) is 4.31 Å². The Hall–Kier alpha value is -1.55. The lowest BCUT2D eigenvalue weighted by atomic mass is 10.2. The molecule has 7 nitrogen and oxygen atoms in total. The topological polar surface area (TPSA) is 92.3 Å². The van der Waals surface area contributed by atoms with Crippen LogP contribution in [-0.4, -0.2) is 41.9 Å². The molecule has 10 heteroatoms. The van der Waals surface area contributed by atoms with Crippen LogP contribution >= 0.6 is 22.9 Å². The van der Waals surface area contributed by atoms with Crippen molar-refractivity contribution in [1.82, 2.24) is 14.5 Å². The van der Waals surface area contributed by atoms with Gasteiger partial charge in [-0.25, -0.2) is 8.42 Å². The molecule has 0 aliphatic rings. The lowest BCUT2D eigenvalue weighted by Gasteiger charge is -2.19. The first-order valence-electron chi connectivity index (χ1n) is 8.76. The van der Waals surface area contributed by atoms with Crippen LogP contribution in [0.2, 0.25) is 5.02 Å². The molecular weight excluding hydrogens is 408 g/mol. The molecule has 0 aliphatic carbocycles. The number of aromatic nitrogens is 2. The Balaban J connectivity index is 2.25. The van der Waals surface area contributed by atoms with E-state index in [9.17, 15) is 13.2 Å². The SMILES string of the molecule is CCCCc1nnc(NC(=O)c2cc(S(=O)(=O)N(CC)CC)ccc2Cl)s1. The molecule has 0 saturated heterocycles. The molecule has 0 radical (unpaired) electrons. The Morgan fingerprint density at radius 3 is 2.56 bits per heavy atom. The number of rotatable bonds is 9. The number of carbonyl (C=O) groups is 1. The summed E-state index contributed by atoms with van der Waals surface area (Å²) in [5.41, 5.74) is 0.0789. The van der Waals surface area contributed by atoms with E-state index in [1.54, 1.807) is 13.8 Å². The van der Waals surface area contributed by atoms with E-state index in [4.69, 9.17) is 11.6 Å². The summed E-state index contributed by atoms with van der Waals surface area (Å²) in [5.74, 6) is -0.519. The van der Waals surface area contributed by atoms with Gasteiger partial charge in [0, 0.05) is 19.5 Å². The van der Waals surface area contributed by atoms with Crippen molar-refractivity contribution < 1.29 is 13.2 Å². The minimum atomic E-state index is -3.68. The van der Waals surface area contributed by atoms with Crippen molar-refractivity contribution in [2.45, 2.75) is 44.9 Å². The number of nitrogens with zero attached hydrogens (tertiary/aromatic N) is 3. The van der Waals surface area contributed by atoms with Gasteiger partial charge < -0.3 is 0 Å². The Kier molecular flexibility index (Phi) is 7.72.